The van der Waals surface area contributed by atoms with Crippen LogP contribution in [0.3, 0.4) is 0 Å². The van der Waals surface area contributed by atoms with Crippen molar-refractivity contribution in [2.75, 3.05) is 6.61 Å². The summed E-state index contributed by atoms with van der Waals surface area (Å²) >= 11 is 0. The third kappa shape index (κ3) is 4.35. The summed E-state index contributed by atoms with van der Waals surface area (Å²) in [4.78, 5) is 26.8. The Morgan fingerprint density at radius 1 is 0.870 bits per heavy atom. The van der Waals surface area contributed by atoms with Crippen molar-refractivity contribution in [2.45, 2.75) is 136 Å². The third-order valence-electron chi connectivity index (χ3n) is 15.3. The molecule has 6 aliphatic rings. The molecule has 0 aromatic rings. The van der Waals surface area contributed by atoms with Crippen molar-refractivity contribution in [3.8, 4) is 0 Å². The van der Waals surface area contributed by atoms with Crippen molar-refractivity contribution >= 4 is 11.9 Å². The van der Waals surface area contributed by atoms with E-state index >= 15 is 0 Å². The molecule has 0 unspecified atom stereocenters. The van der Waals surface area contributed by atoms with Gasteiger partial charge >= 0.3 is 11.9 Å². The molecule has 260 valence electrons. The molecule has 10 nitrogen and oxygen atoms in total. The van der Waals surface area contributed by atoms with Crippen LogP contribution in [0, 0.1) is 56.7 Å². The Balaban J connectivity index is 1.34. The van der Waals surface area contributed by atoms with E-state index in [-0.39, 0.29) is 35.2 Å². The molecule has 4 saturated carbocycles. The van der Waals surface area contributed by atoms with E-state index in [9.17, 15) is 40.2 Å². The van der Waals surface area contributed by atoms with E-state index in [0.29, 0.717) is 38.0 Å². The van der Waals surface area contributed by atoms with Gasteiger partial charge in [-0.3, -0.25) is 9.59 Å². The van der Waals surface area contributed by atoms with Crippen LogP contribution in [-0.2, 0) is 19.1 Å². The Labute approximate surface area is 272 Å². The topological polar surface area (TPSA) is 174 Å². The zero-order valence-electron chi connectivity index (χ0n) is 28.3. The van der Waals surface area contributed by atoms with Gasteiger partial charge in [-0.2, -0.15) is 0 Å². The number of rotatable bonds is 5. The fourth-order valence-corrected chi connectivity index (χ4v) is 12.6. The molecule has 0 spiro atoms. The molecule has 10 heteroatoms. The van der Waals surface area contributed by atoms with E-state index in [1.54, 1.807) is 0 Å². The summed E-state index contributed by atoms with van der Waals surface area (Å²) < 4.78 is 12.1. The predicted molar refractivity (Wildman–Crippen MR) is 167 cm³/mol. The van der Waals surface area contributed by atoms with Crippen LogP contribution in [0.15, 0.2) is 11.6 Å². The minimum Gasteiger partial charge on any atom is -0.481 e. The third-order valence-corrected chi connectivity index (χ3v) is 15.3. The second kappa shape index (κ2) is 11.2. The van der Waals surface area contributed by atoms with Gasteiger partial charge in [0.05, 0.1) is 23.5 Å². The summed E-state index contributed by atoms with van der Waals surface area (Å²) in [7, 11) is 0. The molecule has 1 aliphatic heterocycles. The van der Waals surface area contributed by atoms with Crippen molar-refractivity contribution in [3.05, 3.63) is 11.6 Å². The van der Waals surface area contributed by atoms with E-state index in [4.69, 9.17) is 9.47 Å². The van der Waals surface area contributed by atoms with Gasteiger partial charge in [-0.15, -0.1) is 0 Å². The van der Waals surface area contributed by atoms with Gasteiger partial charge < -0.3 is 40.1 Å². The first-order valence-electron chi connectivity index (χ1n) is 17.6. The first kappa shape index (κ1) is 34.3. The fraction of sp³-hybridized carbons (Fsp3) is 0.889. The molecule has 15 atom stereocenters. The van der Waals surface area contributed by atoms with Gasteiger partial charge in [-0.05, 0) is 104 Å². The molecule has 0 amide bonds. The van der Waals surface area contributed by atoms with Crippen molar-refractivity contribution in [2.24, 2.45) is 56.7 Å². The molecular weight excluding hydrogens is 592 g/mol. The quantitative estimate of drug-likeness (QED) is 0.189. The average molecular weight is 649 g/mol. The Hall–Kier alpha value is -1.56. The lowest BCUT2D eigenvalue weighted by Crippen LogP contribution is -2.68. The van der Waals surface area contributed by atoms with Gasteiger partial charge in [-0.25, -0.2) is 0 Å². The standard InChI is InChI=1S/C36H56O10/c1-18-9-14-35(30(41)42)15-16-36(31(43)44)20(25(35)19(18)2)7-8-23-33(5)12-11-24(32(3,4)22(33)10-13-34(23,36)6)46-29-28(40)27(39)26(38)21(17-37)45-29/h7,18-19,21-29,37-40H,8-17H2,1-6H3,(H,41,42)(H,43,44)/t18-,19+,21-,22+,23-,24+,25+,26-,27+,28-,29-,33+,34-,35+,36-/m1/s1. The number of ether oxygens (including phenoxy) is 2. The highest BCUT2D eigenvalue weighted by Gasteiger charge is 2.73. The monoisotopic (exact) mass is 648 g/mol. The average Bonchev–Trinajstić information content (AvgIpc) is 2.99. The zero-order chi connectivity index (χ0) is 33.8. The molecule has 5 aliphatic carbocycles. The van der Waals surface area contributed by atoms with Gasteiger partial charge in [0.15, 0.2) is 6.29 Å². The normalized spacial score (nSPS) is 53.1. The number of hydrogen-bond acceptors (Lipinski definition) is 8. The lowest BCUT2D eigenvalue weighted by molar-refractivity contribution is -0.330. The Morgan fingerprint density at radius 3 is 2.20 bits per heavy atom. The fourth-order valence-electron chi connectivity index (χ4n) is 12.6. The van der Waals surface area contributed by atoms with E-state index < -0.39 is 70.9 Å². The Kier molecular flexibility index (Phi) is 8.38. The summed E-state index contributed by atoms with van der Waals surface area (Å²) in [6, 6.07) is 0. The largest absolute Gasteiger partial charge is 0.481 e. The molecule has 0 bridgehead atoms. The maximum Gasteiger partial charge on any atom is 0.314 e. The van der Waals surface area contributed by atoms with Gasteiger partial charge in [0, 0.05) is 0 Å². The van der Waals surface area contributed by atoms with Gasteiger partial charge in [-0.1, -0.05) is 53.2 Å². The summed E-state index contributed by atoms with van der Waals surface area (Å²) in [5.41, 5.74) is -2.32. The molecule has 0 aromatic heterocycles. The first-order valence-corrected chi connectivity index (χ1v) is 17.6. The van der Waals surface area contributed by atoms with Gasteiger partial charge in [0.2, 0.25) is 0 Å². The van der Waals surface area contributed by atoms with Crippen molar-refractivity contribution < 1.29 is 49.7 Å². The lowest BCUT2D eigenvalue weighted by Gasteiger charge is -2.70. The number of hydrogen-bond donors (Lipinski definition) is 6. The SMILES string of the molecule is C[C@H]1[C@H](C)CC[C@]2(C(=O)O)CC[C@]3(C(=O)O)C(=CC[C@@H]4[C@@]5(C)CC[C@H](O[C@H]6O[C@H](CO)[C@@H](O)[C@H](O)[C@H]6O)C(C)(C)[C@@H]5CC[C@]43C)[C@H]12. The summed E-state index contributed by atoms with van der Waals surface area (Å²) in [6.45, 7) is 12.6. The van der Waals surface area contributed by atoms with Crippen LogP contribution < -0.4 is 0 Å². The van der Waals surface area contributed by atoms with Gasteiger partial charge in [0.1, 0.15) is 24.4 Å². The first-order chi connectivity index (χ1) is 21.4. The molecular formula is C36H56O10. The number of carboxylic acid groups (broad SMARTS) is 2. The van der Waals surface area contributed by atoms with Crippen LogP contribution in [0.25, 0.3) is 0 Å². The highest BCUT2D eigenvalue weighted by atomic mass is 16.7. The predicted octanol–water partition coefficient (Wildman–Crippen LogP) is 3.98. The number of allylic oxidation sites excluding steroid dienone is 1. The second-order valence-electron chi connectivity index (χ2n) is 17.2. The van der Waals surface area contributed by atoms with Crippen LogP contribution in [0.2, 0.25) is 0 Å². The molecule has 5 fully saturated rings. The van der Waals surface area contributed by atoms with E-state index in [1.165, 1.54) is 0 Å². The van der Waals surface area contributed by atoms with Crippen LogP contribution in [0.4, 0.5) is 0 Å². The van der Waals surface area contributed by atoms with Crippen molar-refractivity contribution in [1.82, 2.24) is 0 Å². The Morgan fingerprint density at radius 2 is 1.57 bits per heavy atom. The molecule has 0 radical (unpaired) electrons. The minimum absolute atomic E-state index is 0.0692. The highest BCUT2D eigenvalue weighted by molar-refractivity contribution is 5.84. The molecule has 6 N–H and O–H groups in total. The van der Waals surface area contributed by atoms with E-state index in [2.05, 4.69) is 47.6 Å². The number of fused-ring (bicyclic) bond motifs is 7. The molecule has 0 aromatic carbocycles. The van der Waals surface area contributed by atoms with E-state index in [0.717, 1.165) is 31.3 Å². The Bertz CT molecular complexity index is 1260. The highest BCUT2D eigenvalue weighted by Crippen LogP contribution is 2.76. The molecule has 1 heterocycles. The smallest absolute Gasteiger partial charge is 0.314 e. The summed E-state index contributed by atoms with van der Waals surface area (Å²) in [5, 5.41) is 63.0. The van der Waals surface area contributed by atoms with Crippen LogP contribution >= 0.6 is 0 Å². The molecule has 6 rings (SSSR count). The second-order valence-corrected chi connectivity index (χ2v) is 17.2. The molecule has 46 heavy (non-hydrogen) atoms. The van der Waals surface area contributed by atoms with Crippen molar-refractivity contribution in [1.29, 1.82) is 0 Å². The number of carboxylic acids is 2. The van der Waals surface area contributed by atoms with Crippen LogP contribution in [0.5, 0.6) is 0 Å². The van der Waals surface area contributed by atoms with Crippen LogP contribution in [-0.4, -0.2) is 86.0 Å². The number of aliphatic hydroxyl groups is 4. The molecule has 1 saturated heterocycles. The number of carbonyl (C=O) groups is 2. The zero-order valence-corrected chi connectivity index (χ0v) is 28.3. The summed E-state index contributed by atoms with van der Waals surface area (Å²) in [6.07, 6.45) is 0.942. The van der Waals surface area contributed by atoms with Crippen LogP contribution in [0.1, 0.15) is 99.3 Å². The lowest BCUT2D eigenvalue weighted by atomic mass is 9.33. The minimum atomic E-state index is -1.51. The number of aliphatic carboxylic acids is 2. The summed E-state index contributed by atoms with van der Waals surface area (Å²) in [5.74, 6) is -1.24. The number of aliphatic hydroxyl groups excluding tert-OH is 4. The van der Waals surface area contributed by atoms with E-state index in [1.807, 2.05) is 0 Å². The maximum absolute atomic E-state index is 13.8. The van der Waals surface area contributed by atoms with Crippen molar-refractivity contribution in [3.63, 3.8) is 0 Å². The van der Waals surface area contributed by atoms with Gasteiger partial charge in [0.25, 0.3) is 0 Å². The maximum atomic E-state index is 13.8.